The molecular formula is C26H36N2O4. The Hall–Kier alpha value is -3.02. The van der Waals surface area contributed by atoms with Crippen LogP contribution in [0.25, 0.3) is 11.1 Å². The summed E-state index contributed by atoms with van der Waals surface area (Å²) < 4.78 is 11.3. The summed E-state index contributed by atoms with van der Waals surface area (Å²) in [5.41, 5.74) is 1.20. The predicted octanol–water partition coefficient (Wildman–Crippen LogP) is 5.11. The summed E-state index contributed by atoms with van der Waals surface area (Å²) in [6.07, 6.45) is 0. The van der Waals surface area contributed by atoms with Gasteiger partial charge in [-0.1, -0.05) is 12.1 Å². The molecule has 0 bridgehead atoms. The Balaban J connectivity index is 2.89. The first-order chi connectivity index (χ1) is 14.8. The molecule has 2 aromatic rings. The SMILES string of the molecule is COc1cccc(C(=O)N(C)C(C)(C)C)c1-c1c(OC)cccc1C(=O)N(C)C(C)(C)C. The fourth-order valence-electron chi connectivity index (χ4n) is 3.25. The number of carbonyl (C=O) groups is 2. The van der Waals surface area contributed by atoms with Crippen LogP contribution in [0.1, 0.15) is 62.3 Å². The van der Waals surface area contributed by atoms with E-state index >= 15 is 0 Å². The third kappa shape index (κ3) is 4.90. The van der Waals surface area contributed by atoms with Crippen molar-refractivity contribution in [1.82, 2.24) is 9.80 Å². The highest BCUT2D eigenvalue weighted by molar-refractivity contribution is 6.09. The second-order valence-electron chi connectivity index (χ2n) is 9.84. The highest BCUT2D eigenvalue weighted by Crippen LogP contribution is 2.42. The van der Waals surface area contributed by atoms with E-state index in [0.29, 0.717) is 33.8 Å². The molecule has 0 N–H and O–H groups in total. The molecule has 0 saturated carbocycles. The summed E-state index contributed by atoms with van der Waals surface area (Å²) in [5, 5.41) is 0. The fraction of sp³-hybridized carbons (Fsp3) is 0.462. The standard InChI is InChI=1S/C26H36N2O4/c1-25(2,3)27(7)23(29)17-13-11-15-19(31-9)21(17)22-18(14-12-16-20(22)32-10)24(30)28(8)26(4,5)6/h11-16H,1-10H3. The second-order valence-corrected chi connectivity index (χ2v) is 9.84. The topological polar surface area (TPSA) is 59.1 Å². The normalized spacial score (nSPS) is 11.7. The van der Waals surface area contributed by atoms with E-state index in [9.17, 15) is 9.59 Å². The van der Waals surface area contributed by atoms with E-state index < -0.39 is 0 Å². The average Bonchev–Trinajstić information content (AvgIpc) is 2.74. The van der Waals surface area contributed by atoms with Crippen molar-refractivity contribution < 1.29 is 19.1 Å². The first-order valence-corrected chi connectivity index (χ1v) is 10.7. The van der Waals surface area contributed by atoms with Crippen molar-refractivity contribution in [1.29, 1.82) is 0 Å². The van der Waals surface area contributed by atoms with Crippen LogP contribution in [0.4, 0.5) is 0 Å². The maximum atomic E-state index is 13.6. The first kappa shape index (κ1) is 25.2. The Morgan fingerprint density at radius 2 is 0.969 bits per heavy atom. The largest absolute Gasteiger partial charge is 0.496 e. The molecule has 0 unspecified atom stereocenters. The van der Waals surface area contributed by atoms with Gasteiger partial charge < -0.3 is 19.3 Å². The molecule has 0 heterocycles. The third-order valence-corrected chi connectivity index (χ3v) is 5.82. The minimum Gasteiger partial charge on any atom is -0.496 e. The van der Waals surface area contributed by atoms with Crippen molar-refractivity contribution in [3.8, 4) is 22.6 Å². The van der Waals surface area contributed by atoms with E-state index in [0.717, 1.165) is 0 Å². The molecule has 0 fully saturated rings. The number of nitrogens with zero attached hydrogens (tertiary/aromatic N) is 2. The molecule has 2 aromatic carbocycles. The van der Waals surface area contributed by atoms with Crippen LogP contribution in [0.3, 0.4) is 0 Å². The van der Waals surface area contributed by atoms with Gasteiger partial charge in [-0.2, -0.15) is 0 Å². The first-order valence-electron chi connectivity index (χ1n) is 10.7. The molecule has 0 aliphatic carbocycles. The van der Waals surface area contributed by atoms with E-state index in [2.05, 4.69) is 0 Å². The minimum atomic E-state index is -0.386. The number of rotatable bonds is 5. The third-order valence-electron chi connectivity index (χ3n) is 5.82. The molecule has 0 radical (unpaired) electrons. The van der Waals surface area contributed by atoms with Gasteiger partial charge >= 0.3 is 0 Å². The van der Waals surface area contributed by atoms with Crippen LogP contribution in [0.2, 0.25) is 0 Å². The lowest BCUT2D eigenvalue weighted by molar-refractivity contribution is 0.0644. The molecule has 6 nitrogen and oxygen atoms in total. The van der Waals surface area contributed by atoms with Gasteiger partial charge in [-0.15, -0.1) is 0 Å². The number of amides is 2. The van der Waals surface area contributed by atoms with E-state index in [1.807, 2.05) is 41.5 Å². The Labute approximate surface area is 192 Å². The fourth-order valence-corrected chi connectivity index (χ4v) is 3.25. The predicted molar refractivity (Wildman–Crippen MR) is 129 cm³/mol. The zero-order valence-corrected chi connectivity index (χ0v) is 21.0. The maximum Gasteiger partial charge on any atom is 0.254 e. The van der Waals surface area contributed by atoms with Gasteiger partial charge in [-0.25, -0.2) is 0 Å². The van der Waals surface area contributed by atoms with Gasteiger partial charge in [0, 0.05) is 36.3 Å². The molecule has 6 heteroatoms. The lowest BCUT2D eigenvalue weighted by Gasteiger charge is -2.34. The number of hydrogen-bond donors (Lipinski definition) is 0. The highest BCUT2D eigenvalue weighted by Gasteiger charge is 2.32. The molecule has 0 saturated heterocycles. The molecule has 0 spiro atoms. The van der Waals surface area contributed by atoms with Gasteiger partial charge in [0.15, 0.2) is 0 Å². The number of ether oxygens (including phenoxy) is 2. The summed E-state index contributed by atoms with van der Waals surface area (Å²) >= 11 is 0. The smallest absolute Gasteiger partial charge is 0.254 e. The van der Waals surface area contributed by atoms with E-state index in [1.165, 1.54) is 0 Å². The van der Waals surface area contributed by atoms with Gasteiger partial charge in [0.25, 0.3) is 11.8 Å². The van der Waals surface area contributed by atoms with E-state index in [-0.39, 0.29) is 22.9 Å². The molecule has 2 rings (SSSR count). The molecular weight excluding hydrogens is 404 g/mol. The summed E-state index contributed by atoms with van der Waals surface area (Å²) in [7, 11) is 6.65. The van der Waals surface area contributed by atoms with E-state index in [4.69, 9.17) is 9.47 Å². The summed E-state index contributed by atoms with van der Waals surface area (Å²) in [6, 6.07) is 10.7. The summed E-state index contributed by atoms with van der Waals surface area (Å²) in [6.45, 7) is 11.8. The number of benzene rings is 2. The summed E-state index contributed by atoms with van der Waals surface area (Å²) in [5.74, 6) is 0.657. The van der Waals surface area contributed by atoms with Crippen molar-refractivity contribution in [2.24, 2.45) is 0 Å². The molecule has 0 aliphatic rings. The lowest BCUT2D eigenvalue weighted by atomic mass is 9.91. The van der Waals surface area contributed by atoms with Crippen LogP contribution in [0.5, 0.6) is 11.5 Å². The van der Waals surface area contributed by atoms with Crippen LogP contribution in [-0.2, 0) is 0 Å². The number of methoxy groups -OCH3 is 2. The Morgan fingerprint density at radius 1 is 0.656 bits per heavy atom. The molecule has 0 aliphatic heterocycles. The van der Waals surface area contributed by atoms with Gasteiger partial charge in [0.1, 0.15) is 11.5 Å². The quantitative estimate of drug-likeness (QED) is 0.648. The Bertz CT molecular complexity index is 918. The molecule has 0 aromatic heterocycles. The Morgan fingerprint density at radius 3 is 1.22 bits per heavy atom. The summed E-state index contributed by atoms with van der Waals surface area (Å²) in [4.78, 5) is 30.5. The van der Waals surface area contributed by atoms with Gasteiger partial charge in [-0.05, 0) is 65.8 Å². The molecule has 32 heavy (non-hydrogen) atoms. The monoisotopic (exact) mass is 440 g/mol. The second kappa shape index (κ2) is 9.23. The van der Waals surface area contributed by atoms with Crippen molar-refractivity contribution in [3.63, 3.8) is 0 Å². The van der Waals surface area contributed by atoms with Gasteiger partial charge in [-0.3, -0.25) is 9.59 Å². The van der Waals surface area contributed by atoms with Crippen molar-refractivity contribution in [2.45, 2.75) is 52.6 Å². The van der Waals surface area contributed by atoms with Crippen molar-refractivity contribution >= 4 is 11.8 Å². The highest BCUT2D eigenvalue weighted by atomic mass is 16.5. The van der Waals surface area contributed by atoms with Gasteiger partial charge in [0.05, 0.1) is 25.3 Å². The Kier molecular flexibility index (Phi) is 7.28. The molecule has 0 atom stereocenters. The van der Waals surface area contributed by atoms with Crippen LogP contribution < -0.4 is 9.47 Å². The van der Waals surface area contributed by atoms with Crippen LogP contribution in [0.15, 0.2) is 36.4 Å². The average molecular weight is 441 g/mol. The van der Waals surface area contributed by atoms with Crippen LogP contribution in [0, 0.1) is 0 Å². The lowest BCUT2D eigenvalue weighted by Crippen LogP contribution is -2.43. The zero-order chi connectivity index (χ0) is 24.4. The van der Waals surface area contributed by atoms with E-state index in [1.54, 1.807) is 74.5 Å². The number of hydrogen-bond acceptors (Lipinski definition) is 4. The van der Waals surface area contributed by atoms with Crippen LogP contribution in [-0.4, -0.2) is 61.0 Å². The molecule has 2 amide bonds. The van der Waals surface area contributed by atoms with Crippen molar-refractivity contribution in [2.75, 3.05) is 28.3 Å². The molecule has 174 valence electrons. The zero-order valence-electron chi connectivity index (χ0n) is 21.0. The van der Waals surface area contributed by atoms with Crippen molar-refractivity contribution in [3.05, 3.63) is 47.5 Å². The minimum absolute atomic E-state index is 0.167. The van der Waals surface area contributed by atoms with Gasteiger partial charge in [0.2, 0.25) is 0 Å². The van der Waals surface area contributed by atoms with Crippen LogP contribution >= 0.6 is 0 Å². The maximum absolute atomic E-state index is 13.6. The number of carbonyl (C=O) groups excluding carboxylic acids is 2.